The van der Waals surface area contributed by atoms with Gasteiger partial charge in [0.05, 0.1) is 12.7 Å². The maximum Gasteiger partial charge on any atom is 0.340 e. The minimum Gasteiger partial charge on any atom is -0.465 e. The summed E-state index contributed by atoms with van der Waals surface area (Å²) in [5, 5.41) is 3.25. The first-order chi connectivity index (χ1) is 9.11. The molecule has 5 heteroatoms. The van der Waals surface area contributed by atoms with Gasteiger partial charge in [-0.25, -0.2) is 4.79 Å². The van der Waals surface area contributed by atoms with Gasteiger partial charge in [-0.15, -0.1) is 11.3 Å². The van der Waals surface area contributed by atoms with E-state index in [0.29, 0.717) is 16.1 Å². The fraction of sp³-hybridized carbons (Fsp3) is 0.143. The Labute approximate surface area is 115 Å². The van der Waals surface area contributed by atoms with Crippen LogP contribution in [0.2, 0.25) is 0 Å². The van der Waals surface area contributed by atoms with E-state index in [4.69, 9.17) is 4.74 Å². The Kier molecular flexibility index (Phi) is 3.97. The molecule has 1 amide bonds. The third-order valence-corrected chi connectivity index (χ3v) is 3.49. The molecule has 0 unspecified atom stereocenters. The van der Waals surface area contributed by atoms with Crippen LogP contribution in [0, 0.1) is 6.92 Å². The second-order valence-electron chi connectivity index (χ2n) is 3.91. The van der Waals surface area contributed by atoms with Crippen molar-refractivity contribution in [3.8, 4) is 0 Å². The standard InChI is InChI=1S/C14H13NO3S/c1-9-8-11(14(17)18-2)13(19-9)15-12(16)10-6-4-3-5-7-10/h3-8H,1-2H3,(H,15,16). The highest BCUT2D eigenvalue weighted by atomic mass is 32.1. The Morgan fingerprint density at radius 1 is 1.21 bits per heavy atom. The number of aryl methyl sites for hydroxylation is 1. The van der Waals surface area contributed by atoms with Crippen LogP contribution in [0.15, 0.2) is 36.4 Å². The number of anilines is 1. The number of carbonyl (C=O) groups excluding carboxylic acids is 2. The average Bonchev–Trinajstić information content (AvgIpc) is 2.79. The number of nitrogens with one attached hydrogen (secondary N) is 1. The van der Waals surface area contributed by atoms with E-state index in [-0.39, 0.29) is 5.91 Å². The van der Waals surface area contributed by atoms with E-state index in [1.54, 1.807) is 30.3 Å². The lowest BCUT2D eigenvalue weighted by Gasteiger charge is -2.05. The Hall–Kier alpha value is -2.14. The third kappa shape index (κ3) is 3.00. The number of thiophene rings is 1. The molecular weight excluding hydrogens is 262 g/mol. The largest absolute Gasteiger partial charge is 0.465 e. The molecule has 19 heavy (non-hydrogen) atoms. The molecule has 0 aliphatic carbocycles. The molecule has 0 saturated carbocycles. The van der Waals surface area contributed by atoms with Gasteiger partial charge in [-0.1, -0.05) is 18.2 Å². The first-order valence-electron chi connectivity index (χ1n) is 5.67. The van der Waals surface area contributed by atoms with Crippen molar-refractivity contribution in [1.82, 2.24) is 0 Å². The zero-order valence-corrected chi connectivity index (χ0v) is 11.4. The molecule has 0 saturated heterocycles. The molecule has 0 bridgehead atoms. The molecule has 0 spiro atoms. The molecule has 2 rings (SSSR count). The van der Waals surface area contributed by atoms with Crippen molar-refractivity contribution >= 4 is 28.2 Å². The lowest BCUT2D eigenvalue weighted by Crippen LogP contribution is -2.13. The lowest BCUT2D eigenvalue weighted by molar-refractivity contribution is 0.0602. The zero-order valence-electron chi connectivity index (χ0n) is 10.6. The fourth-order valence-electron chi connectivity index (χ4n) is 1.63. The lowest BCUT2D eigenvalue weighted by atomic mass is 10.2. The molecular formula is C14H13NO3S. The second kappa shape index (κ2) is 5.67. The van der Waals surface area contributed by atoms with Crippen molar-refractivity contribution in [1.29, 1.82) is 0 Å². The smallest absolute Gasteiger partial charge is 0.340 e. The maximum atomic E-state index is 12.0. The topological polar surface area (TPSA) is 55.4 Å². The predicted molar refractivity (Wildman–Crippen MR) is 74.8 cm³/mol. The van der Waals surface area contributed by atoms with Crippen molar-refractivity contribution in [3.05, 3.63) is 52.4 Å². The summed E-state index contributed by atoms with van der Waals surface area (Å²) < 4.78 is 4.69. The highest BCUT2D eigenvalue weighted by Gasteiger charge is 2.17. The summed E-state index contributed by atoms with van der Waals surface area (Å²) in [6.45, 7) is 1.87. The first-order valence-corrected chi connectivity index (χ1v) is 6.48. The molecule has 0 fully saturated rings. The van der Waals surface area contributed by atoms with E-state index in [0.717, 1.165) is 4.88 Å². The highest BCUT2D eigenvalue weighted by Crippen LogP contribution is 2.28. The normalized spacial score (nSPS) is 10.0. The zero-order chi connectivity index (χ0) is 13.8. The molecule has 0 atom stereocenters. The molecule has 1 aromatic heterocycles. The van der Waals surface area contributed by atoms with Gasteiger partial charge in [-0.2, -0.15) is 0 Å². The summed E-state index contributed by atoms with van der Waals surface area (Å²) in [6.07, 6.45) is 0. The summed E-state index contributed by atoms with van der Waals surface area (Å²) in [6, 6.07) is 10.6. The van der Waals surface area contributed by atoms with E-state index in [1.807, 2.05) is 13.0 Å². The van der Waals surface area contributed by atoms with Gasteiger partial charge in [0, 0.05) is 10.4 Å². The fourth-order valence-corrected chi connectivity index (χ4v) is 2.53. The van der Waals surface area contributed by atoms with Crippen molar-refractivity contribution in [2.45, 2.75) is 6.92 Å². The molecule has 0 aliphatic rings. The summed E-state index contributed by atoms with van der Waals surface area (Å²) >= 11 is 1.35. The van der Waals surface area contributed by atoms with E-state index in [9.17, 15) is 9.59 Å². The Morgan fingerprint density at radius 3 is 2.53 bits per heavy atom. The molecule has 2 aromatic rings. The number of benzene rings is 1. The molecule has 98 valence electrons. The Morgan fingerprint density at radius 2 is 1.89 bits per heavy atom. The van der Waals surface area contributed by atoms with Crippen LogP contribution in [0.3, 0.4) is 0 Å². The summed E-state index contributed by atoms with van der Waals surface area (Å²) in [4.78, 5) is 24.6. The number of rotatable bonds is 3. The number of amides is 1. The van der Waals surface area contributed by atoms with Crippen LogP contribution in [-0.4, -0.2) is 19.0 Å². The van der Waals surface area contributed by atoms with Crippen LogP contribution >= 0.6 is 11.3 Å². The summed E-state index contributed by atoms with van der Waals surface area (Å²) in [5.41, 5.74) is 0.929. The van der Waals surface area contributed by atoms with Gasteiger partial charge in [0.25, 0.3) is 5.91 Å². The van der Waals surface area contributed by atoms with Gasteiger partial charge in [0.2, 0.25) is 0 Å². The first kappa shape index (κ1) is 13.3. The minimum atomic E-state index is -0.451. The van der Waals surface area contributed by atoms with Gasteiger partial charge in [-0.3, -0.25) is 4.79 Å². The van der Waals surface area contributed by atoms with Crippen molar-refractivity contribution in [2.24, 2.45) is 0 Å². The van der Waals surface area contributed by atoms with E-state index in [1.165, 1.54) is 18.4 Å². The highest BCUT2D eigenvalue weighted by molar-refractivity contribution is 7.16. The van der Waals surface area contributed by atoms with Crippen LogP contribution in [0.5, 0.6) is 0 Å². The number of ether oxygens (including phenoxy) is 1. The van der Waals surface area contributed by atoms with Gasteiger partial charge < -0.3 is 10.1 Å². The number of hydrogen-bond donors (Lipinski definition) is 1. The van der Waals surface area contributed by atoms with E-state index < -0.39 is 5.97 Å². The Bertz CT molecular complexity index is 604. The van der Waals surface area contributed by atoms with Gasteiger partial charge >= 0.3 is 5.97 Å². The van der Waals surface area contributed by atoms with Gasteiger partial charge in [-0.05, 0) is 25.1 Å². The Balaban J connectivity index is 2.24. The monoisotopic (exact) mass is 275 g/mol. The molecule has 0 radical (unpaired) electrons. The van der Waals surface area contributed by atoms with Gasteiger partial charge in [0.15, 0.2) is 0 Å². The minimum absolute atomic E-state index is 0.243. The summed E-state index contributed by atoms with van der Waals surface area (Å²) in [5.74, 6) is -0.694. The second-order valence-corrected chi connectivity index (χ2v) is 5.17. The molecule has 0 aliphatic heterocycles. The van der Waals surface area contributed by atoms with Gasteiger partial charge in [0.1, 0.15) is 5.00 Å². The van der Waals surface area contributed by atoms with Crippen LogP contribution < -0.4 is 5.32 Å². The molecule has 1 N–H and O–H groups in total. The molecule has 1 aromatic carbocycles. The average molecular weight is 275 g/mol. The summed E-state index contributed by atoms with van der Waals surface area (Å²) in [7, 11) is 1.32. The van der Waals surface area contributed by atoms with Crippen LogP contribution in [0.1, 0.15) is 25.6 Å². The van der Waals surface area contributed by atoms with Crippen LogP contribution in [-0.2, 0) is 4.74 Å². The number of methoxy groups -OCH3 is 1. The molecule has 1 heterocycles. The van der Waals surface area contributed by atoms with E-state index in [2.05, 4.69) is 5.32 Å². The van der Waals surface area contributed by atoms with Crippen molar-refractivity contribution < 1.29 is 14.3 Å². The number of esters is 1. The number of carbonyl (C=O) groups is 2. The molecule has 4 nitrogen and oxygen atoms in total. The van der Waals surface area contributed by atoms with Crippen LogP contribution in [0.25, 0.3) is 0 Å². The SMILES string of the molecule is COC(=O)c1cc(C)sc1NC(=O)c1ccccc1. The van der Waals surface area contributed by atoms with Crippen molar-refractivity contribution in [2.75, 3.05) is 12.4 Å². The number of hydrogen-bond acceptors (Lipinski definition) is 4. The van der Waals surface area contributed by atoms with Crippen molar-refractivity contribution in [3.63, 3.8) is 0 Å². The predicted octanol–water partition coefficient (Wildman–Crippen LogP) is 3.10. The quantitative estimate of drug-likeness (QED) is 0.876. The third-order valence-electron chi connectivity index (χ3n) is 2.52. The van der Waals surface area contributed by atoms with E-state index >= 15 is 0 Å². The maximum absolute atomic E-state index is 12.0. The van der Waals surface area contributed by atoms with Crippen LogP contribution in [0.4, 0.5) is 5.00 Å².